The zero-order chi connectivity index (χ0) is 7.03. The van der Waals surface area contributed by atoms with E-state index in [1.165, 1.54) is 38.5 Å². The summed E-state index contributed by atoms with van der Waals surface area (Å²) in [5, 5.41) is 0. The molecule has 0 unspecified atom stereocenters. The lowest BCUT2D eigenvalue weighted by atomic mass is 9.85. The summed E-state index contributed by atoms with van der Waals surface area (Å²) in [6, 6.07) is 0. The average molecular weight is 140 g/mol. The van der Waals surface area contributed by atoms with Gasteiger partial charge in [-0.2, -0.15) is 0 Å². The van der Waals surface area contributed by atoms with Gasteiger partial charge in [-0.15, -0.1) is 0 Å². The molecule has 2 aliphatic rings. The Balaban J connectivity index is 2.01. The molecular formula is C9H16O. The molecule has 10 heavy (non-hydrogen) atoms. The molecule has 58 valence electrons. The summed E-state index contributed by atoms with van der Waals surface area (Å²) in [7, 11) is 0. The van der Waals surface area contributed by atoms with Crippen LogP contribution in [0.3, 0.4) is 0 Å². The van der Waals surface area contributed by atoms with Gasteiger partial charge < -0.3 is 4.74 Å². The molecule has 0 atom stereocenters. The highest BCUT2D eigenvalue weighted by Gasteiger charge is 2.44. The van der Waals surface area contributed by atoms with Crippen molar-refractivity contribution >= 4 is 0 Å². The Kier molecular flexibility index (Phi) is 1.48. The Bertz CT molecular complexity index is 123. The van der Waals surface area contributed by atoms with Crippen molar-refractivity contribution in [1.29, 1.82) is 0 Å². The Morgan fingerprint density at radius 1 is 1.40 bits per heavy atom. The quantitative estimate of drug-likeness (QED) is 0.572. The highest BCUT2D eigenvalue weighted by molar-refractivity contribution is 4.95. The largest absolute Gasteiger partial charge is 0.372 e. The van der Waals surface area contributed by atoms with Gasteiger partial charge in [-0.3, -0.25) is 0 Å². The van der Waals surface area contributed by atoms with Crippen molar-refractivity contribution in [3.8, 4) is 0 Å². The second-order valence-corrected chi connectivity index (χ2v) is 3.75. The summed E-state index contributed by atoms with van der Waals surface area (Å²) < 4.78 is 5.90. The highest BCUT2D eigenvalue weighted by Crippen LogP contribution is 2.45. The number of ether oxygens (including phenoxy) is 1. The van der Waals surface area contributed by atoms with Crippen LogP contribution in [0.5, 0.6) is 0 Å². The molecule has 0 aromatic rings. The third kappa shape index (κ3) is 0.878. The fourth-order valence-electron chi connectivity index (χ4n) is 2.47. The van der Waals surface area contributed by atoms with Gasteiger partial charge in [0.2, 0.25) is 0 Å². The van der Waals surface area contributed by atoms with Crippen LogP contribution in [0, 0.1) is 0 Å². The first-order valence-electron chi connectivity index (χ1n) is 4.52. The molecule has 0 aromatic carbocycles. The van der Waals surface area contributed by atoms with Crippen LogP contribution in [0.4, 0.5) is 0 Å². The second kappa shape index (κ2) is 2.23. The molecule has 2 saturated heterocycles. The lowest BCUT2D eigenvalue weighted by molar-refractivity contribution is 0.00660. The Labute approximate surface area is 62.8 Å². The molecule has 0 amide bonds. The number of hydrogen-bond donors (Lipinski definition) is 0. The van der Waals surface area contributed by atoms with E-state index >= 15 is 0 Å². The first kappa shape index (κ1) is 6.66. The van der Waals surface area contributed by atoms with Gasteiger partial charge in [-0.25, -0.2) is 0 Å². The van der Waals surface area contributed by atoms with Crippen LogP contribution in [0.15, 0.2) is 0 Å². The van der Waals surface area contributed by atoms with Crippen molar-refractivity contribution < 1.29 is 4.74 Å². The van der Waals surface area contributed by atoms with Crippen molar-refractivity contribution in [3.63, 3.8) is 0 Å². The van der Waals surface area contributed by atoms with Gasteiger partial charge in [0.15, 0.2) is 0 Å². The molecule has 2 bridgehead atoms. The van der Waals surface area contributed by atoms with E-state index in [9.17, 15) is 0 Å². The van der Waals surface area contributed by atoms with Crippen molar-refractivity contribution in [2.24, 2.45) is 0 Å². The van der Waals surface area contributed by atoms with E-state index in [0.29, 0.717) is 11.7 Å². The maximum atomic E-state index is 5.90. The fraction of sp³-hybridized carbons (Fsp3) is 1.00. The van der Waals surface area contributed by atoms with Crippen molar-refractivity contribution in [2.75, 3.05) is 0 Å². The standard InChI is InChI=1S/C9H16O/c1-2-5-9-6-3-8(10-9)4-7-9/h8H,2-7H2,1H3. The average Bonchev–Trinajstić information content (AvgIpc) is 2.46. The second-order valence-electron chi connectivity index (χ2n) is 3.75. The SMILES string of the molecule is CCCC12CCC(CC1)O2. The molecule has 0 radical (unpaired) electrons. The molecule has 1 nitrogen and oxygen atoms in total. The van der Waals surface area contributed by atoms with Gasteiger partial charge in [-0.05, 0) is 32.1 Å². The van der Waals surface area contributed by atoms with Crippen LogP contribution >= 0.6 is 0 Å². The third-order valence-electron chi connectivity index (χ3n) is 2.97. The van der Waals surface area contributed by atoms with Gasteiger partial charge in [0.1, 0.15) is 0 Å². The third-order valence-corrected chi connectivity index (χ3v) is 2.97. The first-order valence-corrected chi connectivity index (χ1v) is 4.52. The number of hydrogen-bond acceptors (Lipinski definition) is 1. The maximum absolute atomic E-state index is 5.90. The van der Waals surface area contributed by atoms with E-state index in [2.05, 4.69) is 6.92 Å². The maximum Gasteiger partial charge on any atom is 0.0688 e. The van der Waals surface area contributed by atoms with Crippen molar-refractivity contribution in [1.82, 2.24) is 0 Å². The minimum absolute atomic E-state index is 0.361. The summed E-state index contributed by atoms with van der Waals surface area (Å²) >= 11 is 0. The van der Waals surface area contributed by atoms with Crippen molar-refractivity contribution in [2.45, 2.75) is 57.2 Å². The minimum atomic E-state index is 0.361. The molecule has 0 saturated carbocycles. The molecule has 2 fully saturated rings. The van der Waals surface area contributed by atoms with Gasteiger partial charge in [0.05, 0.1) is 11.7 Å². The topological polar surface area (TPSA) is 9.23 Å². The minimum Gasteiger partial charge on any atom is -0.372 e. The van der Waals surface area contributed by atoms with E-state index < -0.39 is 0 Å². The molecule has 0 N–H and O–H groups in total. The summed E-state index contributed by atoms with van der Waals surface area (Å²) in [6.07, 6.45) is 8.57. The van der Waals surface area contributed by atoms with E-state index in [1.807, 2.05) is 0 Å². The number of fused-ring (bicyclic) bond motifs is 2. The van der Waals surface area contributed by atoms with Gasteiger partial charge in [0, 0.05) is 0 Å². The van der Waals surface area contributed by atoms with Gasteiger partial charge in [0.25, 0.3) is 0 Å². The molecule has 0 spiro atoms. The predicted octanol–water partition coefficient (Wildman–Crippen LogP) is 2.50. The van der Waals surface area contributed by atoms with Gasteiger partial charge >= 0.3 is 0 Å². The monoisotopic (exact) mass is 140 g/mol. The van der Waals surface area contributed by atoms with Crippen LogP contribution < -0.4 is 0 Å². The molecule has 2 aliphatic heterocycles. The van der Waals surface area contributed by atoms with Crippen LogP contribution in [0.1, 0.15) is 45.4 Å². The zero-order valence-electron chi connectivity index (χ0n) is 6.73. The van der Waals surface area contributed by atoms with E-state index in [-0.39, 0.29) is 0 Å². The van der Waals surface area contributed by atoms with Crippen molar-refractivity contribution in [3.05, 3.63) is 0 Å². The van der Waals surface area contributed by atoms with Crippen LogP contribution in [0.25, 0.3) is 0 Å². The molecule has 0 aliphatic carbocycles. The highest BCUT2D eigenvalue weighted by atomic mass is 16.5. The van der Waals surface area contributed by atoms with Crippen LogP contribution in [-0.2, 0) is 4.74 Å². The zero-order valence-corrected chi connectivity index (χ0v) is 6.73. The molecule has 1 heteroatoms. The molecule has 2 heterocycles. The Morgan fingerprint density at radius 3 is 2.50 bits per heavy atom. The first-order chi connectivity index (χ1) is 4.85. The molecule has 0 aromatic heterocycles. The number of rotatable bonds is 2. The van der Waals surface area contributed by atoms with E-state index in [0.717, 1.165) is 0 Å². The van der Waals surface area contributed by atoms with Crippen LogP contribution in [-0.4, -0.2) is 11.7 Å². The molecule has 2 rings (SSSR count). The summed E-state index contributed by atoms with van der Waals surface area (Å²) in [5.74, 6) is 0. The van der Waals surface area contributed by atoms with Gasteiger partial charge in [-0.1, -0.05) is 13.3 Å². The molecular weight excluding hydrogens is 124 g/mol. The van der Waals surface area contributed by atoms with Crippen LogP contribution in [0.2, 0.25) is 0 Å². The summed E-state index contributed by atoms with van der Waals surface area (Å²) in [4.78, 5) is 0. The summed E-state index contributed by atoms with van der Waals surface area (Å²) in [6.45, 7) is 2.25. The lowest BCUT2D eigenvalue weighted by Gasteiger charge is -2.23. The predicted molar refractivity (Wildman–Crippen MR) is 41.0 cm³/mol. The lowest BCUT2D eigenvalue weighted by Crippen LogP contribution is -2.23. The Morgan fingerprint density at radius 2 is 2.10 bits per heavy atom. The smallest absolute Gasteiger partial charge is 0.0688 e. The fourth-order valence-corrected chi connectivity index (χ4v) is 2.47. The van der Waals surface area contributed by atoms with E-state index in [1.54, 1.807) is 0 Å². The Hall–Kier alpha value is -0.0400. The van der Waals surface area contributed by atoms with E-state index in [4.69, 9.17) is 4.74 Å². The normalized spacial score (nSPS) is 44.7. The summed E-state index contributed by atoms with van der Waals surface area (Å²) in [5.41, 5.74) is 0.361.